The fraction of sp³-hybridized carbons (Fsp3) is 0.350. The SMILES string of the molecule is NC(=O)c1cnc2[nH]ccc2c1NC1C[C@@H]2CC[C@@H](C1)N2c1ccc(Cl)cn1. The Morgan fingerprint density at radius 1 is 1.18 bits per heavy atom. The molecule has 4 N–H and O–H groups in total. The Balaban J connectivity index is 1.41. The summed E-state index contributed by atoms with van der Waals surface area (Å²) in [4.78, 5) is 26.3. The van der Waals surface area contributed by atoms with Crippen LogP contribution in [-0.4, -0.2) is 39.0 Å². The second kappa shape index (κ2) is 6.67. The number of anilines is 2. The second-order valence-electron chi connectivity index (χ2n) is 7.59. The molecular weight excluding hydrogens is 376 g/mol. The molecule has 5 heterocycles. The number of hydrogen-bond donors (Lipinski definition) is 3. The number of primary amides is 1. The molecule has 144 valence electrons. The molecule has 2 saturated heterocycles. The summed E-state index contributed by atoms with van der Waals surface area (Å²) in [5.41, 5.74) is 7.56. The van der Waals surface area contributed by atoms with Gasteiger partial charge in [0.1, 0.15) is 11.5 Å². The zero-order valence-corrected chi connectivity index (χ0v) is 16.0. The van der Waals surface area contributed by atoms with Crippen molar-refractivity contribution < 1.29 is 4.79 Å². The zero-order chi connectivity index (χ0) is 19.3. The van der Waals surface area contributed by atoms with Gasteiger partial charge in [0.05, 0.1) is 16.3 Å². The van der Waals surface area contributed by atoms with E-state index in [-0.39, 0.29) is 6.04 Å². The number of piperidine rings is 1. The smallest absolute Gasteiger partial charge is 0.252 e. The molecule has 0 saturated carbocycles. The molecule has 0 radical (unpaired) electrons. The molecule has 28 heavy (non-hydrogen) atoms. The first-order valence-corrected chi connectivity index (χ1v) is 9.90. The van der Waals surface area contributed by atoms with Crippen LogP contribution in [0.15, 0.2) is 36.8 Å². The molecule has 0 aromatic carbocycles. The number of hydrogen-bond acceptors (Lipinski definition) is 5. The van der Waals surface area contributed by atoms with Gasteiger partial charge in [0.15, 0.2) is 0 Å². The van der Waals surface area contributed by atoms with Gasteiger partial charge < -0.3 is 20.9 Å². The number of rotatable bonds is 4. The average Bonchev–Trinajstić information content (AvgIpc) is 3.25. The molecule has 8 heteroatoms. The van der Waals surface area contributed by atoms with Crippen molar-refractivity contribution in [3.63, 3.8) is 0 Å². The fourth-order valence-electron chi connectivity index (χ4n) is 4.74. The van der Waals surface area contributed by atoms with Crippen molar-refractivity contribution in [2.24, 2.45) is 5.73 Å². The maximum atomic E-state index is 11.9. The highest BCUT2D eigenvalue weighted by atomic mass is 35.5. The normalized spacial score (nSPS) is 23.9. The van der Waals surface area contributed by atoms with E-state index in [2.05, 4.69) is 25.2 Å². The van der Waals surface area contributed by atoms with Gasteiger partial charge in [0.2, 0.25) is 0 Å². The third-order valence-electron chi connectivity index (χ3n) is 5.91. The molecule has 2 atom stereocenters. The number of carbonyl (C=O) groups excluding carboxylic acids is 1. The highest BCUT2D eigenvalue weighted by Crippen LogP contribution is 2.40. The summed E-state index contributed by atoms with van der Waals surface area (Å²) in [5.74, 6) is 0.522. The van der Waals surface area contributed by atoms with Crippen LogP contribution < -0.4 is 16.0 Å². The molecule has 1 amide bonds. The third kappa shape index (κ3) is 2.86. The molecule has 2 bridgehead atoms. The minimum Gasteiger partial charge on any atom is -0.381 e. The lowest BCUT2D eigenvalue weighted by atomic mass is 9.96. The fourth-order valence-corrected chi connectivity index (χ4v) is 4.86. The van der Waals surface area contributed by atoms with Gasteiger partial charge in [-0.1, -0.05) is 11.6 Å². The Morgan fingerprint density at radius 2 is 1.96 bits per heavy atom. The van der Waals surface area contributed by atoms with Crippen LogP contribution in [0.3, 0.4) is 0 Å². The number of amides is 1. The van der Waals surface area contributed by atoms with E-state index in [4.69, 9.17) is 17.3 Å². The Labute approximate surface area is 167 Å². The minimum absolute atomic E-state index is 0.264. The predicted molar refractivity (Wildman–Crippen MR) is 110 cm³/mol. The number of pyridine rings is 2. The molecule has 0 spiro atoms. The van der Waals surface area contributed by atoms with Crippen LogP contribution in [0.5, 0.6) is 0 Å². The quantitative estimate of drug-likeness (QED) is 0.628. The van der Waals surface area contributed by atoms with E-state index < -0.39 is 5.91 Å². The maximum absolute atomic E-state index is 11.9. The topological polar surface area (TPSA) is 99.9 Å². The van der Waals surface area contributed by atoms with E-state index in [0.29, 0.717) is 22.7 Å². The van der Waals surface area contributed by atoms with Gasteiger partial charge in [-0.15, -0.1) is 0 Å². The molecule has 0 unspecified atom stereocenters. The first kappa shape index (κ1) is 17.3. The zero-order valence-electron chi connectivity index (χ0n) is 15.2. The molecule has 2 aliphatic rings. The molecule has 2 aliphatic heterocycles. The van der Waals surface area contributed by atoms with Crippen LogP contribution in [0.2, 0.25) is 5.02 Å². The largest absolute Gasteiger partial charge is 0.381 e. The van der Waals surface area contributed by atoms with Crippen LogP contribution in [0.1, 0.15) is 36.0 Å². The van der Waals surface area contributed by atoms with E-state index in [9.17, 15) is 4.79 Å². The van der Waals surface area contributed by atoms with Crippen LogP contribution in [0.4, 0.5) is 11.5 Å². The van der Waals surface area contributed by atoms with E-state index >= 15 is 0 Å². The van der Waals surface area contributed by atoms with Crippen molar-refractivity contribution in [1.29, 1.82) is 0 Å². The number of halogens is 1. The van der Waals surface area contributed by atoms with Crippen molar-refractivity contribution >= 4 is 40.0 Å². The van der Waals surface area contributed by atoms with Crippen molar-refractivity contribution in [2.45, 2.75) is 43.8 Å². The van der Waals surface area contributed by atoms with Gasteiger partial charge in [-0.2, -0.15) is 0 Å². The molecule has 0 aliphatic carbocycles. The average molecular weight is 397 g/mol. The monoisotopic (exact) mass is 396 g/mol. The second-order valence-corrected chi connectivity index (χ2v) is 8.03. The van der Waals surface area contributed by atoms with Gasteiger partial charge >= 0.3 is 0 Å². The summed E-state index contributed by atoms with van der Waals surface area (Å²) in [6.07, 6.45) is 9.33. The highest BCUT2D eigenvalue weighted by molar-refractivity contribution is 6.30. The minimum atomic E-state index is -0.469. The van der Waals surface area contributed by atoms with Gasteiger partial charge in [0.25, 0.3) is 5.91 Å². The van der Waals surface area contributed by atoms with Crippen molar-refractivity contribution in [3.8, 4) is 0 Å². The van der Waals surface area contributed by atoms with Crippen LogP contribution >= 0.6 is 11.6 Å². The van der Waals surface area contributed by atoms with E-state index in [1.807, 2.05) is 24.4 Å². The van der Waals surface area contributed by atoms with E-state index in [1.165, 1.54) is 0 Å². The predicted octanol–water partition coefficient (Wildman–Crippen LogP) is 3.32. The van der Waals surface area contributed by atoms with Crippen molar-refractivity contribution in [1.82, 2.24) is 15.0 Å². The highest BCUT2D eigenvalue weighted by Gasteiger charge is 2.41. The van der Waals surface area contributed by atoms with E-state index in [1.54, 1.807) is 12.4 Å². The summed E-state index contributed by atoms with van der Waals surface area (Å²) in [6, 6.07) is 6.93. The summed E-state index contributed by atoms with van der Waals surface area (Å²) < 4.78 is 0. The summed E-state index contributed by atoms with van der Waals surface area (Å²) in [5, 5.41) is 5.16. The molecular formula is C20H21ClN6O. The molecule has 2 fully saturated rings. The number of aromatic nitrogens is 3. The Kier molecular flexibility index (Phi) is 4.12. The Hall–Kier alpha value is -2.80. The van der Waals surface area contributed by atoms with Gasteiger partial charge in [0, 0.05) is 42.1 Å². The van der Waals surface area contributed by atoms with Gasteiger partial charge in [-0.25, -0.2) is 9.97 Å². The molecule has 3 aromatic rings. The molecule has 5 rings (SSSR count). The lowest BCUT2D eigenvalue weighted by Gasteiger charge is -2.40. The molecule has 7 nitrogen and oxygen atoms in total. The standard InChI is InChI=1S/C20H21ClN6O/c21-11-1-4-17(24-9-11)27-13-2-3-14(27)8-12(7-13)26-18-15-5-6-23-20(15)25-10-16(18)19(22)28/h1,4-6,9-10,12-14H,2-3,7-8H2,(H2,22,28)(H2,23,25,26)/t13-,14-/m0/s1. The number of aromatic amines is 1. The van der Waals surface area contributed by atoms with Crippen LogP contribution in [0, 0.1) is 0 Å². The third-order valence-corrected chi connectivity index (χ3v) is 6.13. The number of carbonyl (C=O) groups is 1. The Bertz CT molecular complexity index is 1020. The first-order chi connectivity index (χ1) is 13.6. The first-order valence-electron chi connectivity index (χ1n) is 9.52. The summed E-state index contributed by atoms with van der Waals surface area (Å²) in [7, 11) is 0. The number of fused-ring (bicyclic) bond motifs is 3. The number of nitrogens with one attached hydrogen (secondary N) is 2. The number of H-pyrrole nitrogens is 1. The maximum Gasteiger partial charge on any atom is 0.252 e. The lowest BCUT2D eigenvalue weighted by molar-refractivity contribution is 0.100. The number of nitrogens with zero attached hydrogens (tertiary/aromatic N) is 3. The van der Waals surface area contributed by atoms with Crippen LogP contribution in [0.25, 0.3) is 11.0 Å². The molecule has 3 aromatic heterocycles. The van der Waals surface area contributed by atoms with Crippen LogP contribution in [-0.2, 0) is 0 Å². The number of nitrogens with two attached hydrogens (primary N) is 1. The van der Waals surface area contributed by atoms with Gasteiger partial charge in [-0.05, 0) is 43.9 Å². The van der Waals surface area contributed by atoms with Crippen molar-refractivity contribution in [2.75, 3.05) is 10.2 Å². The van der Waals surface area contributed by atoms with Crippen molar-refractivity contribution in [3.05, 3.63) is 47.4 Å². The summed E-state index contributed by atoms with van der Waals surface area (Å²) >= 11 is 5.99. The lowest BCUT2D eigenvalue weighted by Crippen LogP contribution is -2.47. The van der Waals surface area contributed by atoms with E-state index in [0.717, 1.165) is 48.2 Å². The van der Waals surface area contributed by atoms with Gasteiger partial charge in [-0.3, -0.25) is 4.79 Å². The summed E-state index contributed by atoms with van der Waals surface area (Å²) in [6.45, 7) is 0. The Morgan fingerprint density at radius 3 is 2.64 bits per heavy atom.